The van der Waals surface area contributed by atoms with Gasteiger partial charge in [0.1, 0.15) is 0 Å². The van der Waals surface area contributed by atoms with Crippen molar-refractivity contribution in [1.82, 2.24) is 0 Å². The molecule has 4 aliphatic rings. The third kappa shape index (κ3) is 4.28. The first kappa shape index (κ1) is 20.8. The summed E-state index contributed by atoms with van der Waals surface area (Å²) in [4.78, 5) is 0. The molecule has 0 heterocycles. The van der Waals surface area contributed by atoms with E-state index in [9.17, 15) is 0 Å². The second-order valence-corrected chi connectivity index (χ2v) is 9.41. The third-order valence-corrected chi connectivity index (χ3v) is 7.19. The molecule has 8 rings (SSSR count). The van der Waals surface area contributed by atoms with E-state index in [0.717, 1.165) is 19.3 Å². The van der Waals surface area contributed by atoms with Gasteiger partial charge >= 0.3 is 0 Å². The van der Waals surface area contributed by atoms with Gasteiger partial charge in [-0.1, -0.05) is 104 Å². The summed E-state index contributed by atoms with van der Waals surface area (Å²) in [5, 5.41) is 2.88. The summed E-state index contributed by atoms with van der Waals surface area (Å²) in [7, 11) is 0. The van der Waals surface area contributed by atoms with Crippen LogP contribution in [0.4, 0.5) is 0 Å². The number of benzene rings is 4. The molecule has 0 amide bonds. The predicted molar refractivity (Wildman–Crippen MR) is 138 cm³/mol. The molecule has 4 aromatic rings. The maximum Gasteiger partial charge on any atom is 0.00296 e. The van der Waals surface area contributed by atoms with E-state index in [1.54, 1.807) is 0 Å². The first-order chi connectivity index (χ1) is 15.7. The normalized spacial score (nSPS) is 19.2. The van der Waals surface area contributed by atoms with Crippen molar-refractivity contribution >= 4 is 16.3 Å². The van der Waals surface area contributed by atoms with Gasteiger partial charge < -0.3 is 0 Å². The Bertz CT molecular complexity index is 1230. The van der Waals surface area contributed by atoms with E-state index in [4.69, 9.17) is 0 Å². The largest absolute Gasteiger partial charge is 0.0735 e. The first-order valence-electron chi connectivity index (χ1n) is 12.0. The molecule has 0 aliphatic heterocycles. The third-order valence-electron chi connectivity index (χ3n) is 7.19. The Balaban J connectivity index is 1.60. The molecule has 0 N–H and O–H groups in total. The van der Waals surface area contributed by atoms with Crippen molar-refractivity contribution in [3.05, 3.63) is 125 Å². The van der Waals surface area contributed by atoms with Crippen molar-refractivity contribution in [2.24, 2.45) is 0 Å². The maximum absolute atomic E-state index is 2.49. The van der Waals surface area contributed by atoms with Crippen molar-refractivity contribution in [3.8, 4) is 0 Å². The second kappa shape index (κ2) is 9.17. The molecule has 0 fully saturated rings. The van der Waals surface area contributed by atoms with Crippen molar-refractivity contribution in [2.45, 2.75) is 51.4 Å². The molecule has 4 aromatic carbocycles. The molecule has 0 spiro atoms. The summed E-state index contributed by atoms with van der Waals surface area (Å²) in [6.45, 7) is 4.66. The van der Waals surface area contributed by atoms with E-state index >= 15 is 0 Å². The molecule has 0 heteroatoms. The average Bonchev–Trinajstić information content (AvgIpc) is 2.84. The lowest BCUT2D eigenvalue weighted by Crippen LogP contribution is -2.05. The van der Waals surface area contributed by atoms with Crippen LogP contribution in [-0.2, 0) is 12.8 Å². The summed E-state index contributed by atoms with van der Waals surface area (Å²) in [5.41, 5.74) is 8.51. The molecular formula is C32H32. The molecule has 0 nitrogen and oxygen atoms in total. The van der Waals surface area contributed by atoms with Gasteiger partial charge in [0, 0.05) is 5.92 Å². The number of allylic oxidation sites excluding steroid dienone is 2. The van der Waals surface area contributed by atoms with E-state index < -0.39 is 0 Å². The van der Waals surface area contributed by atoms with Gasteiger partial charge in [-0.15, -0.1) is 0 Å². The number of aryl methyl sites for hydroxylation is 2. The molecular weight excluding hydrogens is 384 g/mol. The Labute approximate surface area is 192 Å². The van der Waals surface area contributed by atoms with Gasteiger partial charge in [-0.2, -0.15) is 0 Å². The number of hydrogen-bond donors (Lipinski definition) is 0. The summed E-state index contributed by atoms with van der Waals surface area (Å²) >= 11 is 0. The van der Waals surface area contributed by atoms with Crippen LogP contribution in [0.25, 0.3) is 16.3 Å². The Morgan fingerprint density at radius 3 is 2.25 bits per heavy atom. The summed E-state index contributed by atoms with van der Waals surface area (Å²) in [5.74, 6) is 0.863. The minimum absolute atomic E-state index is 0.389. The minimum atomic E-state index is 0.389. The molecule has 0 radical (unpaired) electrons. The van der Waals surface area contributed by atoms with Crippen LogP contribution in [0.5, 0.6) is 0 Å². The fraction of sp³-hybridized carbons (Fsp3) is 0.250. The molecule has 160 valence electrons. The molecule has 0 saturated carbocycles. The number of rotatable bonds is 2. The van der Waals surface area contributed by atoms with Crippen LogP contribution < -0.4 is 0 Å². The van der Waals surface area contributed by atoms with Gasteiger partial charge in [-0.05, 0) is 82.7 Å². The average molecular weight is 417 g/mol. The highest BCUT2D eigenvalue weighted by Gasteiger charge is 2.19. The van der Waals surface area contributed by atoms with Crippen LogP contribution in [0.15, 0.2) is 97.1 Å². The smallest absolute Gasteiger partial charge is 0.00296 e. The zero-order chi connectivity index (χ0) is 21.9. The fourth-order valence-corrected chi connectivity index (χ4v) is 5.35. The standard InChI is InChI=1S/C32H32/c1-23(26-10-4-3-5-11-26)21-29-22-24(2)30-20-19-28(31-13-6-7-14-32(30)31)12-8-9-25-15-17-27(29)18-16-25/h3-7,10-11,13-21,24,29H,8-9,12,22H2,1-2H3/b23-21+/t24-,29-/m1/s1. The van der Waals surface area contributed by atoms with Gasteiger partial charge in [0.05, 0.1) is 0 Å². The minimum Gasteiger partial charge on any atom is -0.0735 e. The molecule has 0 unspecified atom stereocenters. The fourth-order valence-electron chi connectivity index (χ4n) is 5.35. The quantitative estimate of drug-likeness (QED) is 0.306. The van der Waals surface area contributed by atoms with Crippen LogP contribution in [0.1, 0.15) is 66.3 Å². The molecule has 4 bridgehead atoms. The summed E-state index contributed by atoms with van der Waals surface area (Å²) < 4.78 is 0. The topological polar surface area (TPSA) is 0 Å². The van der Waals surface area contributed by atoms with Gasteiger partial charge in [-0.25, -0.2) is 0 Å². The highest BCUT2D eigenvalue weighted by atomic mass is 14.2. The van der Waals surface area contributed by atoms with Crippen LogP contribution in [-0.4, -0.2) is 0 Å². The van der Waals surface area contributed by atoms with Crippen molar-refractivity contribution in [1.29, 1.82) is 0 Å². The molecule has 4 aliphatic carbocycles. The van der Waals surface area contributed by atoms with Crippen molar-refractivity contribution in [2.75, 3.05) is 0 Å². The first-order valence-corrected chi connectivity index (χ1v) is 12.0. The number of hydrogen-bond acceptors (Lipinski definition) is 0. The molecule has 32 heavy (non-hydrogen) atoms. The lowest BCUT2D eigenvalue weighted by Gasteiger charge is -2.23. The zero-order valence-corrected chi connectivity index (χ0v) is 19.2. The van der Waals surface area contributed by atoms with Gasteiger partial charge in [0.25, 0.3) is 0 Å². The van der Waals surface area contributed by atoms with Crippen molar-refractivity contribution < 1.29 is 0 Å². The summed E-state index contributed by atoms with van der Waals surface area (Å²) in [6.07, 6.45) is 7.06. The second-order valence-electron chi connectivity index (χ2n) is 9.41. The monoisotopic (exact) mass is 416 g/mol. The highest BCUT2D eigenvalue weighted by molar-refractivity contribution is 5.89. The van der Waals surface area contributed by atoms with E-state index in [-0.39, 0.29) is 0 Å². The zero-order valence-electron chi connectivity index (χ0n) is 19.2. The van der Waals surface area contributed by atoms with Crippen LogP contribution >= 0.6 is 0 Å². The lowest BCUT2D eigenvalue weighted by molar-refractivity contribution is 0.632. The summed E-state index contributed by atoms with van der Waals surface area (Å²) in [6, 6.07) is 34.0. The Morgan fingerprint density at radius 2 is 1.47 bits per heavy atom. The lowest BCUT2D eigenvalue weighted by atomic mass is 9.81. The van der Waals surface area contributed by atoms with E-state index in [2.05, 4.69) is 111 Å². The van der Waals surface area contributed by atoms with E-state index in [0.29, 0.717) is 11.8 Å². The van der Waals surface area contributed by atoms with E-state index in [1.807, 2.05) is 0 Å². The van der Waals surface area contributed by atoms with Gasteiger partial charge in [0.2, 0.25) is 0 Å². The SMILES string of the molecule is C/C(=C\[C@@H]1C[C@@H](C)c2ccc(c3ccccc23)CCCc2ccc1cc2)c1ccccc1. The highest BCUT2D eigenvalue weighted by Crippen LogP contribution is 2.37. The molecule has 2 atom stereocenters. The Hall–Kier alpha value is -3.12. The van der Waals surface area contributed by atoms with Crippen molar-refractivity contribution in [3.63, 3.8) is 0 Å². The predicted octanol–water partition coefficient (Wildman–Crippen LogP) is 8.71. The van der Waals surface area contributed by atoms with Crippen LogP contribution in [0.2, 0.25) is 0 Å². The van der Waals surface area contributed by atoms with Crippen LogP contribution in [0, 0.1) is 0 Å². The molecule has 0 aromatic heterocycles. The Morgan fingerprint density at radius 1 is 0.750 bits per heavy atom. The Kier molecular flexibility index (Phi) is 5.95. The van der Waals surface area contributed by atoms with Gasteiger partial charge in [0.15, 0.2) is 0 Å². The maximum atomic E-state index is 2.49. The van der Waals surface area contributed by atoms with E-state index in [1.165, 1.54) is 50.6 Å². The van der Waals surface area contributed by atoms with Crippen LogP contribution in [0.3, 0.4) is 0 Å². The van der Waals surface area contributed by atoms with Gasteiger partial charge in [-0.3, -0.25) is 0 Å². The molecule has 0 saturated heterocycles.